The molecule has 0 aliphatic carbocycles. The fraction of sp³-hybridized carbons (Fsp3) is 0.455. The van der Waals surface area contributed by atoms with Crippen LogP contribution in [0, 0.1) is 0 Å². The lowest BCUT2D eigenvalue weighted by molar-refractivity contribution is -0.184. The summed E-state index contributed by atoms with van der Waals surface area (Å²) in [5, 5.41) is 0. The fourth-order valence-electron chi connectivity index (χ4n) is 1.33. The highest BCUT2D eigenvalue weighted by molar-refractivity contribution is 5.39. The predicted octanol–water partition coefficient (Wildman–Crippen LogP) is 2.82. The molecule has 5 heteroatoms. The molecule has 0 saturated heterocycles. The lowest BCUT2D eigenvalue weighted by Gasteiger charge is -2.29. The maximum Gasteiger partial charge on any atom is 0.410 e. The fourth-order valence-corrected chi connectivity index (χ4v) is 1.33. The summed E-state index contributed by atoms with van der Waals surface area (Å²) in [4.78, 5) is 0. The summed E-state index contributed by atoms with van der Waals surface area (Å²) in [6.45, 7) is 2.94. The molecule has 0 saturated carbocycles. The Kier molecular flexibility index (Phi) is 3.48. The van der Waals surface area contributed by atoms with Crippen LogP contribution in [0.25, 0.3) is 0 Å². The van der Waals surface area contributed by atoms with E-state index in [1.54, 1.807) is 13.0 Å². The van der Waals surface area contributed by atoms with Crippen molar-refractivity contribution in [3.63, 3.8) is 0 Å². The van der Waals surface area contributed by atoms with E-state index in [-0.39, 0.29) is 11.3 Å². The number of rotatable bonds is 3. The summed E-state index contributed by atoms with van der Waals surface area (Å²) in [6.07, 6.45) is -4.51. The lowest BCUT2D eigenvalue weighted by Crippen LogP contribution is -2.47. The minimum absolute atomic E-state index is 0.0515. The quantitative estimate of drug-likeness (QED) is 0.871. The molecule has 1 atom stereocenters. The van der Waals surface area contributed by atoms with Gasteiger partial charge in [0.05, 0.1) is 6.61 Å². The van der Waals surface area contributed by atoms with Gasteiger partial charge in [-0.05, 0) is 19.9 Å². The summed E-state index contributed by atoms with van der Waals surface area (Å²) in [5.41, 5.74) is 2.89. The molecule has 0 aliphatic rings. The number of alkyl halides is 3. The van der Waals surface area contributed by atoms with Gasteiger partial charge in [-0.1, -0.05) is 18.2 Å². The second kappa shape index (κ2) is 4.33. The third-order valence-electron chi connectivity index (χ3n) is 2.34. The van der Waals surface area contributed by atoms with E-state index in [1.807, 2.05) is 0 Å². The van der Waals surface area contributed by atoms with Crippen molar-refractivity contribution >= 4 is 0 Å². The van der Waals surface area contributed by atoms with E-state index >= 15 is 0 Å². The van der Waals surface area contributed by atoms with Crippen molar-refractivity contribution in [1.82, 2.24) is 0 Å². The first-order valence-electron chi connectivity index (χ1n) is 4.88. The van der Waals surface area contributed by atoms with E-state index in [0.29, 0.717) is 6.61 Å². The van der Waals surface area contributed by atoms with Crippen LogP contribution in [0.4, 0.5) is 13.2 Å². The Morgan fingerprint density at radius 1 is 1.25 bits per heavy atom. The zero-order valence-corrected chi connectivity index (χ0v) is 9.14. The van der Waals surface area contributed by atoms with Crippen molar-refractivity contribution < 1.29 is 17.9 Å². The second-order valence-corrected chi connectivity index (χ2v) is 3.63. The van der Waals surface area contributed by atoms with E-state index in [1.165, 1.54) is 18.2 Å². The number of halogens is 3. The maximum absolute atomic E-state index is 12.8. The van der Waals surface area contributed by atoms with Crippen LogP contribution in [0.2, 0.25) is 0 Å². The van der Waals surface area contributed by atoms with Gasteiger partial charge in [-0.25, -0.2) is 0 Å². The lowest BCUT2D eigenvalue weighted by atomic mass is 9.92. The largest absolute Gasteiger partial charge is 0.494 e. The van der Waals surface area contributed by atoms with Crippen LogP contribution in [-0.4, -0.2) is 12.8 Å². The average Bonchev–Trinajstić information content (AvgIpc) is 2.17. The van der Waals surface area contributed by atoms with E-state index < -0.39 is 11.7 Å². The van der Waals surface area contributed by atoms with Crippen LogP contribution in [0.15, 0.2) is 24.3 Å². The summed E-state index contributed by atoms with van der Waals surface area (Å²) in [7, 11) is 0. The molecule has 1 aromatic rings. The molecule has 0 fully saturated rings. The van der Waals surface area contributed by atoms with Crippen molar-refractivity contribution in [3.8, 4) is 5.75 Å². The molecule has 0 spiro atoms. The van der Waals surface area contributed by atoms with Crippen LogP contribution in [0.1, 0.15) is 19.4 Å². The highest BCUT2D eigenvalue weighted by atomic mass is 19.4. The smallest absolute Gasteiger partial charge is 0.410 e. The SMILES string of the molecule is CCOc1ccccc1C(C)(N)C(F)(F)F. The van der Waals surface area contributed by atoms with Crippen LogP contribution in [0.5, 0.6) is 5.75 Å². The van der Waals surface area contributed by atoms with E-state index in [2.05, 4.69) is 0 Å². The summed E-state index contributed by atoms with van der Waals surface area (Å²) < 4.78 is 43.4. The number of hydrogen-bond acceptors (Lipinski definition) is 2. The predicted molar refractivity (Wildman–Crippen MR) is 55.2 cm³/mol. The van der Waals surface area contributed by atoms with Crippen molar-refractivity contribution in [2.75, 3.05) is 6.61 Å². The first-order chi connectivity index (χ1) is 7.30. The van der Waals surface area contributed by atoms with E-state index in [9.17, 15) is 13.2 Å². The minimum Gasteiger partial charge on any atom is -0.494 e. The van der Waals surface area contributed by atoms with Crippen molar-refractivity contribution in [2.24, 2.45) is 5.73 Å². The first-order valence-corrected chi connectivity index (χ1v) is 4.88. The van der Waals surface area contributed by atoms with Crippen LogP contribution < -0.4 is 10.5 Å². The van der Waals surface area contributed by atoms with Crippen LogP contribution in [0.3, 0.4) is 0 Å². The number of ether oxygens (including phenoxy) is 1. The monoisotopic (exact) mass is 233 g/mol. The molecule has 16 heavy (non-hydrogen) atoms. The number of hydrogen-bond donors (Lipinski definition) is 1. The van der Waals surface area contributed by atoms with Gasteiger partial charge >= 0.3 is 6.18 Å². The van der Waals surface area contributed by atoms with Gasteiger partial charge < -0.3 is 10.5 Å². The van der Waals surface area contributed by atoms with Crippen LogP contribution in [-0.2, 0) is 5.54 Å². The average molecular weight is 233 g/mol. The van der Waals surface area contributed by atoms with Gasteiger partial charge in [-0.2, -0.15) is 13.2 Å². The molecule has 0 aliphatic heterocycles. The van der Waals surface area contributed by atoms with Gasteiger partial charge in [0.2, 0.25) is 0 Å². The molecule has 0 amide bonds. The van der Waals surface area contributed by atoms with E-state index in [0.717, 1.165) is 6.92 Å². The third kappa shape index (κ3) is 2.29. The Bertz CT molecular complexity index is 360. The third-order valence-corrected chi connectivity index (χ3v) is 2.34. The highest BCUT2D eigenvalue weighted by Crippen LogP contribution is 2.40. The van der Waals surface area contributed by atoms with Gasteiger partial charge in [0.15, 0.2) is 0 Å². The molecule has 0 radical (unpaired) electrons. The van der Waals surface area contributed by atoms with Crippen molar-refractivity contribution in [1.29, 1.82) is 0 Å². The maximum atomic E-state index is 12.8. The molecule has 2 N–H and O–H groups in total. The zero-order valence-electron chi connectivity index (χ0n) is 9.14. The standard InChI is InChI=1S/C11H14F3NO/c1-3-16-9-7-5-4-6-8(9)10(2,15)11(12,13)14/h4-7H,3,15H2,1-2H3. The van der Waals surface area contributed by atoms with Gasteiger partial charge in [0.1, 0.15) is 11.3 Å². The molecular formula is C11H14F3NO. The van der Waals surface area contributed by atoms with Crippen molar-refractivity contribution in [3.05, 3.63) is 29.8 Å². The minimum atomic E-state index is -4.51. The second-order valence-electron chi connectivity index (χ2n) is 3.63. The molecule has 1 rings (SSSR count). The van der Waals surface area contributed by atoms with Gasteiger partial charge in [0.25, 0.3) is 0 Å². The van der Waals surface area contributed by atoms with Gasteiger partial charge in [0, 0.05) is 5.56 Å². The van der Waals surface area contributed by atoms with E-state index in [4.69, 9.17) is 10.5 Å². The Morgan fingerprint density at radius 3 is 2.31 bits per heavy atom. The Morgan fingerprint density at radius 2 is 1.81 bits per heavy atom. The molecule has 0 aromatic heterocycles. The van der Waals surface area contributed by atoms with Crippen LogP contribution >= 0.6 is 0 Å². The Labute approximate surface area is 92.2 Å². The molecule has 1 aromatic carbocycles. The molecule has 0 heterocycles. The van der Waals surface area contributed by atoms with Gasteiger partial charge in [-0.3, -0.25) is 0 Å². The first kappa shape index (κ1) is 12.8. The zero-order chi connectivity index (χ0) is 12.4. The normalized spacial score (nSPS) is 15.6. The molecule has 90 valence electrons. The number of nitrogens with two attached hydrogens (primary N) is 1. The van der Waals surface area contributed by atoms with Gasteiger partial charge in [-0.15, -0.1) is 0 Å². The number of para-hydroxylation sites is 1. The summed E-state index contributed by atoms with van der Waals surface area (Å²) in [5.74, 6) is 0.173. The van der Waals surface area contributed by atoms with Crippen molar-refractivity contribution in [2.45, 2.75) is 25.6 Å². The number of benzene rings is 1. The molecule has 1 unspecified atom stereocenters. The topological polar surface area (TPSA) is 35.2 Å². The molecule has 2 nitrogen and oxygen atoms in total. The summed E-state index contributed by atoms with van der Waals surface area (Å²) >= 11 is 0. The molecular weight excluding hydrogens is 219 g/mol. The Hall–Kier alpha value is -1.23. The Balaban J connectivity index is 3.21. The molecule has 0 bridgehead atoms. The summed E-state index contributed by atoms with van der Waals surface area (Å²) in [6, 6.07) is 5.93. The highest BCUT2D eigenvalue weighted by Gasteiger charge is 2.50.